The summed E-state index contributed by atoms with van der Waals surface area (Å²) in [4.78, 5) is 22.9. The van der Waals surface area contributed by atoms with Gasteiger partial charge in [-0.05, 0) is 23.1 Å². The number of nitrogens with two attached hydrogens (primary N) is 1. The summed E-state index contributed by atoms with van der Waals surface area (Å²) in [5.41, 5.74) is 6.81. The summed E-state index contributed by atoms with van der Waals surface area (Å²) in [7, 11) is 1.46. The molecule has 110 valence electrons. The van der Waals surface area contributed by atoms with Gasteiger partial charge in [0, 0.05) is 0 Å². The van der Waals surface area contributed by atoms with Crippen LogP contribution < -0.4 is 10.5 Å². The van der Waals surface area contributed by atoms with Gasteiger partial charge in [-0.2, -0.15) is 0 Å². The number of hydrogen-bond acceptors (Lipinski definition) is 4. The fraction of sp³-hybridized carbons (Fsp3) is 0.467. The zero-order valence-electron chi connectivity index (χ0n) is 12.3. The van der Waals surface area contributed by atoms with E-state index in [1.807, 2.05) is 26.8 Å². The van der Waals surface area contributed by atoms with Crippen molar-refractivity contribution in [3.8, 4) is 5.75 Å². The van der Waals surface area contributed by atoms with Gasteiger partial charge in [-0.25, -0.2) is 0 Å². The highest BCUT2D eigenvalue weighted by Crippen LogP contribution is 2.28. The molecule has 0 aliphatic carbocycles. The predicted molar refractivity (Wildman–Crippen MR) is 76.3 cm³/mol. The number of ketones is 1. The third-order valence-corrected chi connectivity index (χ3v) is 3.06. The molecule has 0 radical (unpaired) electrons. The Morgan fingerprint density at radius 1 is 1.35 bits per heavy atom. The molecule has 0 saturated heterocycles. The fourth-order valence-corrected chi connectivity index (χ4v) is 1.85. The number of hydrogen-bond donors (Lipinski definition) is 2. The number of ether oxygens (including phenoxy) is 1. The second kappa shape index (κ2) is 6.05. The van der Waals surface area contributed by atoms with E-state index >= 15 is 0 Å². The van der Waals surface area contributed by atoms with Gasteiger partial charge in [-0.1, -0.05) is 26.8 Å². The zero-order chi connectivity index (χ0) is 15.5. The topological polar surface area (TPSA) is 89.6 Å². The third kappa shape index (κ3) is 3.81. The summed E-state index contributed by atoms with van der Waals surface area (Å²) in [5, 5.41) is 8.73. The molecule has 0 amide bonds. The smallest absolute Gasteiger partial charge is 0.305 e. The number of carbonyl (C=O) groups excluding carboxylic acids is 1. The van der Waals surface area contributed by atoms with Crippen molar-refractivity contribution < 1.29 is 19.4 Å². The lowest BCUT2D eigenvalue weighted by Gasteiger charge is -2.21. The van der Waals surface area contributed by atoms with Gasteiger partial charge in [0.2, 0.25) is 0 Å². The Morgan fingerprint density at radius 3 is 2.40 bits per heavy atom. The first-order valence-electron chi connectivity index (χ1n) is 6.37. The number of rotatable bonds is 5. The van der Waals surface area contributed by atoms with Gasteiger partial charge in [0.1, 0.15) is 5.75 Å². The van der Waals surface area contributed by atoms with E-state index in [4.69, 9.17) is 15.6 Å². The number of carboxylic acids is 1. The summed E-state index contributed by atoms with van der Waals surface area (Å²) in [6, 6.07) is 4.25. The van der Waals surface area contributed by atoms with E-state index in [0.717, 1.165) is 5.56 Å². The maximum absolute atomic E-state index is 12.3. The van der Waals surface area contributed by atoms with Crippen LogP contribution in [-0.2, 0) is 10.2 Å². The second-order valence-corrected chi connectivity index (χ2v) is 5.73. The molecule has 0 aromatic heterocycles. The minimum absolute atomic E-state index is 0.127. The normalized spacial score (nSPS) is 12.8. The quantitative estimate of drug-likeness (QED) is 0.804. The molecule has 0 aliphatic rings. The SMILES string of the molecule is COc1ccc(C(C)(C)C)cc1C(=O)C(N)CC(=O)O. The van der Waals surface area contributed by atoms with Gasteiger partial charge in [-0.15, -0.1) is 0 Å². The standard InChI is InChI=1S/C15H21NO4/c1-15(2,3)9-5-6-12(20-4)10(7-9)14(19)11(16)8-13(17)18/h5-7,11H,8,16H2,1-4H3,(H,17,18). The monoisotopic (exact) mass is 279 g/mol. The Bertz CT molecular complexity index is 517. The van der Waals surface area contributed by atoms with Crippen molar-refractivity contribution >= 4 is 11.8 Å². The van der Waals surface area contributed by atoms with Crippen LogP contribution in [0.1, 0.15) is 43.1 Å². The Kier molecular flexibility index (Phi) is 4.89. The van der Waals surface area contributed by atoms with Gasteiger partial charge >= 0.3 is 5.97 Å². The van der Waals surface area contributed by atoms with Crippen LogP contribution in [0.3, 0.4) is 0 Å². The van der Waals surface area contributed by atoms with Crippen molar-refractivity contribution in [2.24, 2.45) is 5.73 Å². The molecule has 20 heavy (non-hydrogen) atoms. The molecule has 1 rings (SSSR count). The number of carboxylic acid groups (broad SMARTS) is 1. The van der Waals surface area contributed by atoms with Crippen LogP contribution in [0.15, 0.2) is 18.2 Å². The summed E-state index contributed by atoms with van der Waals surface area (Å²) in [5.74, 6) is -1.11. The molecule has 0 spiro atoms. The van der Waals surface area contributed by atoms with Gasteiger partial charge < -0.3 is 15.6 Å². The van der Waals surface area contributed by atoms with Crippen LogP contribution in [0.4, 0.5) is 0 Å². The molecule has 0 heterocycles. The summed E-state index contributed by atoms with van der Waals surface area (Å²) in [6.07, 6.45) is -0.401. The average Bonchev–Trinajstić information content (AvgIpc) is 2.35. The Balaban J connectivity index is 3.20. The highest BCUT2D eigenvalue weighted by atomic mass is 16.5. The van der Waals surface area contributed by atoms with Crippen molar-refractivity contribution in [1.82, 2.24) is 0 Å². The molecular weight excluding hydrogens is 258 g/mol. The van der Waals surface area contributed by atoms with Gasteiger partial charge in [0.05, 0.1) is 25.1 Å². The summed E-state index contributed by atoms with van der Waals surface area (Å²) in [6.45, 7) is 6.08. The van der Waals surface area contributed by atoms with Crippen molar-refractivity contribution in [1.29, 1.82) is 0 Å². The lowest BCUT2D eigenvalue weighted by molar-refractivity contribution is -0.137. The number of methoxy groups -OCH3 is 1. The van der Waals surface area contributed by atoms with E-state index in [0.29, 0.717) is 11.3 Å². The number of Topliss-reactive ketones (excluding diaryl/α,β-unsaturated/α-hetero) is 1. The first-order valence-corrected chi connectivity index (χ1v) is 6.37. The van der Waals surface area contributed by atoms with Gasteiger partial charge in [0.25, 0.3) is 0 Å². The number of carbonyl (C=O) groups is 2. The molecule has 3 N–H and O–H groups in total. The highest BCUT2D eigenvalue weighted by Gasteiger charge is 2.24. The average molecular weight is 279 g/mol. The maximum atomic E-state index is 12.3. The lowest BCUT2D eigenvalue weighted by Crippen LogP contribution is -2.33. The predicted octanol–water partition coefficient (Wildman–Crippen LogP) is 1.98. The highest BCUT2D eigenvalue weighted by molar-refractivity contribution is 6.03. The first kappa shape index (κ1) is 16.2. The molecular formula is C15H21NO4. The maximum Gasteiger partial charge on any atom is 0.305 e. The first-order chi connectivity index (χ1) is 9.16. The van der Waals surface area contributed by atoms with Crippen LogP contribution in [0, 0.1) is 0 Å². The lowest BCUT2D eigenvalue weighted by atomic mass is 9.85. The van der Waals surface area contributed by atoms with E-state index in [1.165, 1.54) is 7.11 Å². The molecule has 5 heteroatoms. The summed E-state index contributed by atoms with van der Waals surface area (Å²) < 4.78 is 5.17. The number of benzene rings is 1. The zero-order valence-corrected chi connectivity index (χ0v) is 12.3. The Hall–Kier alpha value is -1.88. The van der Waals surface area contributed by atoms with E-state index in [-0.39, 0.29) is 5.41 Å². The summed E-state index contributed by atoms with van der Waals surface area (Å²) >= 11 is 0. The van der Waals surface area contributed by atoms with Crippen molar-refractivity contribution in [2.45, 2.75) is 38.6 Å². The third-order valence-electron chi connectivity index (χ3n) is 3.06. The van der Waals surface area contributed by atoms with Crippen LogP contribution in [0.2, 0.25) is 0 Å². The van der Waals surface area contributed by atoms with Crippen molar-refractivity contribution in [3.05, 3.63) is 29.3 Å². The Morgan fingerprint density at radius 2 is 1.95 bits per heavy atom. The van der Waals surface area contributed by atoms with E-state index < -0.39 is 24.2 Å². The molecule has 0 aliphatic heterocycles. The minimum atomic E-state index is -1.10. The molecule has 1 aromatic rings. The minimum Gasteiger partial charge on any atom is -0.496 e. The molecule has 1 aromatic carbocycles. The van der Waals surface area contributed by atoms with E-state index in [1.54, 1.807) is 12.1 Å². The molecule has 0 saturated carbocycles. The molecule has 0 fully saturated rings. The van der Waals surface area contributed by atoms with Crippen LogP contribution in [0.25, 0.3) is 0 Å². The number of aliphatic carboxylic acids is 1. The fourth-order valence-electron chi connectivity index (χ4n) is 1.85. The molecule has 0 bridgehead atoms. The van der Waals surface area contributed by atoms with E-state index in [2.05, 4.69) is 0 Å². The van der Waals surface area contributed by atoms with Gasteiger partial charge in [0.15, 0.2) is 5.78 Å². The van der Waals surface area contributed by atoms with Crippen LogP contribution in [0.5, 0.6) is 5.75 Å². The Labute approximate surface area is 118 Å². The van der Waals surface area contributed by atoms with Crippen molar-refractivity contribution in [3.63, 3.8) is 0 Å². The largest absolute Gasteiger partial charge is 0.496 e. The molecule has 1 unspecified atom stereocenters. The van der Waals surface area contributed by atoms with Crippen molar-refractivity contribution in [2.75, 3.05) is 7.11 Å². The molecule has 5 nitrogen and oxygen atoms in total. The molecule has 1 atom stereocenters. The van der Waals surface area contributed by atoms with Gasteiger partial charge in [-0.3, -0.25) is 9.59 Å². The van der Waals surface area contributed by atoms with E-state index in [9.17, 15) is 9.59 Å². The second-order valence-electron chi connectivity index (χ2n) is 5.73. The van der Waals surface area contributed by atoms with Crippen LogP contribution in [-0.4, -0.2) is 30.0 Å². The van der Waals surface area contributed by atoms with Crippen LogP contribution >= 0.6 is 0 Å².